The first kappa shape index (κ1) is 13.9. The molecule has 0 atom stereocenters. The summed E-state index contributed by atoms with van der Waals surface area (Å²) < 4.78 is 5.41. The molecule has 0 unspecified atom stereocenters. The number of aromatic hydroxyl groups is 1. The lowest BCUT2D eigenvalue weighted by molar-refractivity contribution is -0.158. The maximum absolute atomic E-state index is 12.2. The van der Waals surface area contributed by atoms with Crippen molar-refractivity contribution in [3.63, 3.8) is 0 Å². The Balaban J connectivity index is 1.98. The molecule has 1 fully saturated rings. The van der Waals surface area contributed by atoms with Crippen molar-refractivity contribution in [1.29, 1.82) is 0 Å². The second kappa shape index (κ2) is 5.64. The number of aryl methyl sites for hydroxylation is 1. The zero-order valence-corrected chi connectivity index (χ0v) is 11.7. The summed E-state index contributed by atoms with van der Waals surface area (Å²) in [7, 11) is 0. The summed E-state index contributed by atoms with van der Waals surface area (Å²) in [4.78, 5) is 12.2. The highest BCUT2D eigenvalue weighted by Crippen LogP contribution is 2.37. The van der Waals surface area contributed by atoms with Crippen LogP contribution in [0, 0.1) is 12.3 Å². The molecule has 3 heteroatoms. The lowest BCUT2D eigenvalue weighted by Crippen LogP contribution is -2.31. The van der Waals surface area contributed by atoms with Gasteiger partial charge in [0, 0.05) is 5.56 Å². The summed E-state index contributed by atoms with van der Waals surface area (Å²) >= 11 is 0. The molecule has 1 saturated carbocycles. The zero-order chi connectivity index (χ0) is 13.9. The van der Waals surface area contributed by atoms with Crippen molar-refractivity contribution in [3.05, 3.63) is 29.3 Å². The SMILES string of the molecule is Cc1ccc(O)c(COC(=O)C2(C)CCCCC2)c1. The lowest BCUT2D eigenvalue weighted by Gasteiger charge is -2.31. The Morgan fingerprint density at radius 3 is 2.68 bits per heavy atom. The molecular formula is C16H22O3. The van der Waals surface area contributed by atoms with E-state index < -0.39 is 0 Å². The minimum Gasteiger partial charge on any atom is -0.508 e. The van der Waals surface area contributed by atoms with Gasteiger partial charge in [-0.3, -0.25) is 4.79 Å². The Labute approximate surface area is 114 Å². The van der Waals surface area contributed by atoms with Crippen molar-refractivity contribution < 1.29 is 14.6 Å². The van der Waals surface area contributed by atoms with Crippen LogP contribution in [0.25, 0.3) is 0 Å². The zero-order valence-electron chi connectivity index (χ0n) is 11.7. The Morgan fingerprint density at radius 2 is 2.00 bits per heavy atom. The third-order valence-corrected chi connectivity index (χ3v) is 4.04. The number of hydrogen-bond acceptors (Lipinski definition) is 3. The fourth-order valence-electron chi connectivity index (χ4n) is 2.68. The Hall–Kier alpha value is -1.51. The topological polar surface area (TPSA) is 46.5 Å². The van der Waals surface area contributed by atoms with Gasteiger partial charge in [-0.05, 0) is 38.8 Å². The summed E-state index contributed by atoms with van der Waals surface area (Å²) in [5, 5.41) is 9.73. The highest BCUT2D eigenvalue weighted by molar-refractivity contribution is 5.76. The molecule has 1 aromatic rings. The quantitative estimate of drug-likeness (QED) is 0.845. The molecule has 0 radical (unpaired) electrons. The van der Waals surface area contributed by atoms with Gasteiger partial charge in [0.2, 0.25) is 0 Å². The van der Waals surface area contributed by atoms with Crippen LogP contribution in [0.2, 0.25) is 0 Å². The normalized spacial score (nSPS) is 18.0. The highest BCUT2D eigenvalue weighted by atomic mass is 16.5. The minimum atomic E-state index is -0.336. The van der Waals surface area contributed by atoms with E-state index in [1.807, 2.05) is 26.0 Å². The van der Waals surface area contributed by atoms with Crippen LogP contribution in [-0.2, 0) is 16.1 Å². The molecule has 19 heavy (non-hydrogen) atoms. The molecular weight excluding hydrogens is 240 g/mol. The summed E-state index contributed by atoms with van der Waals surface area (Å²) in [5.74, 6) is 0.0558. The first-order valence-corrected chi connectivity index (χ1v) is 6.97. The van der Waals surface area contributed by atoms with Gasteiger partial charge in [0.1, 0.15) is 12.4 Å². The van der Waals surface area contributed by atoms with Crippen LogP contribution < -0.4 is 0 Å². The molecule has 3 nitrogen and oxygen atoms in total. The molecule has 0 amide bonds. The molecule has 1 aliphatic carbocycles. The predicted octanol–water partition coefficient (Wildman–Crippen LogP) is 3.71. The molecule has 0 spiro atoms. The molecule has 0 saturated heterocycles. The predicted molar refractivity (Wildman–Crippen MR) is 73.8 cm³/mol. The van der Waals surface area contributed by atoms with Crippen molar-refractivity contribution in [2.75, 3.05) is 0 Å². The third kappa shape index (κ3) is 3.28. The van der Waals surface area contributed by atoms with E-state index >= 15 is 0 Å². The molecule has 0 heterocycles. The molecule has 1 aliphatic rings. The number of carbonyl (C=O) groups excluding carboxylic acids is 1. The summed E-state index contributed by atoms with van der Waals surface area (Å²) in [6, 6.07) is 5.33. The van der Waals surface area contributed by atoms with Gasteiger partial charge in [0.05, 0.1) is 5.41 Å². The summed E-state index contributed by atoms with van der Waals surface area (Å²) in [5.41, 5.74) is 1.39. The van der Waals surface area contributed by atoms with E-state index in [4.69, 9.17) is 4.74 Å². The van der Waals surface area contributed by atoms with Gasteiger partial charge >= 0.3 is 5.97 Å². The van der Waals surface area contributed by atoms with E-state index in [1.54, 1.807) is 6.07 Å². The van der Waals surface area contributed by atoms with Gasteiger partial charge in [-0.1, -0.05) is 30.9 Å². The van der Waals surface area contributed by atoms with Crippen molar-refractivity contribution in [2.24, 2.45) is 5.41 Å². The standard InChI is InChI=1S/C16H22O3/c1-12-6-7-14(17)13(10-12)11-19-15(18)16(2)8-4-3-5-9-16/h6-7,10,17H,3-5,8-9,11H2,1-2H3. The van der Waals surface area contributed by atoms with Gasteiger partial charge in [0.15, 0.2) is 0 Å². The van der Waals surface area contributed by atoms with Gasteiger partial charge in [-0.25, -0.2) is 0 Å². The molecule has 2 rings (SSSR count). The van der Waals surface area contributed by atoms with E-state index in [1.165, 1.54) is 6.42 Å². The van der Waals surface area contributed by atoms with Gasteiger partial charge < -0.3 is 9.84 Å². The van der Waals surface area contributed by atoms with Gasteiger partial charge in [0.25, 0.3) is 0 Å². The summed E-state index contributed by atoms with van der Waals surface area (Å²) in [6.07, 6.45) is 5.22. The number of phenolic OH excluding ortho intramolecular Hbond substituents is 1. The number of rotatable bonds is 3. The maximum atomic E-state index is 12.2. The number of esters is 1. The van der Waals surface area contributed by atoms with Crippen LogP contribution in [0.3, 0.4) is 0 Å². The fourth-order valence-corrected chi connectivity index (χ4v) is 2.68. The number of hydrogen-bond donors (Lipinski definition) is 1. The van der Waals surface area contributed by atoms with Crippen LogP contribution in [0.5, 0.6) is 5.75 Å². The lowest BCUT2D eigenvalue weighted by atomic mass is 9.76. The van der Waals surface area contributed by atoms with Crippen LogP contribution in [-0.4, -0.2) is 11.1 Å². The maximum Gasteiger partial charge on any atom is 0.312 e. The van der Waals surface area contributed by atoms with E-state index in [0.717, 1.165) is 31.2 Å². The van der Waals surface area contributed by atoms with Gasteiger partial charge in [-0.15, -0.1) is 0 Å². The molecule has 0 bridgehead atoms. The minimum absolute atomic E-state index is 0.131. The van der Waals surface area contributed by atoms with Crippen molar-refractivity contribution >= 4 is 5.97 Å². The largest absolute Gasteiger partial charge is 0.508 e. The average molecular weight is 262 g/mol. The van der Waals surface area contributed by atoms with E-state index in [-0.39, 0.29) is 23.7 Å². The Morgan fingerprint density at radius 1 is 1.32 bits per heavy atom. The number of phenols is 1. The monoisotopic (exact) mass is 262 g/mol. The van der Waals surface area contributed by atoms with Gasteiger partial charge in [-0.2, -0.15) is 0 Å². The highest BCUT2D eigenvalue weighted by Gasteiger charge is 2.36. The number of carbonyl (C=O) groups is 1. The van der Waals surface area contributed by atoms with E-state index in [2.05, 4.69) is 0 Å². The molecule has 1 N–H and O–H groups in total. The molecule has 104 valence electrons. The first-order valence-electron chi connectivity index (χ1n) is 6.97. The number of benzene rings is 1. The van der Waals surface area contributed by atoms with Crippen LogP contribution in [0.1, 0.15) is 50.2 Å². The number of ether oxygens (including phenoxy) is 1. The Bertz CT molecular complexity index is 459. The first-order chi connectivity index (χ1) is 9.01. The third-order valence-electron chi connectivity index (χ3n) is 4.04. The fraction of sp³-hybridized carbons (Fsp3) is 0.562. The smallest absolute Gasteiger partial charge is 0.312 e. The van der Waals surface area contributed by atoms with Crippen LogP contribution >= 0.6 is 0 Å². The van der Waals surface area contributed by atoms with E-state index in [0.29, 0.717) is 5.56 Å². The van der Waals surface area contributed by atoms with Crippen LogP contribution in [0.15, 0.2) is 18.2 Å². The second-order valence-corrected chi connectivity index (χ2v) is 5.83. The summed E-state index contributed by atoms with van der Waals surface area (Å²) in [6.45, 7) is 4.10. The second-order valence-electron chi connectivity index (χ2n) is 5.83. The molecule has 0 aliphatic heterocycles. The molecule has 1 aromatic carbocycles. The van der Waals surface area contributed by atoms with Crippen molar-refractivity contribution in [1.82, 2.24) is 0 Å². The molecule has 0 aromatic heterocycles. The van der Waals surface area contributed by atoms with Crippen molar-refractivity contribution in [3.8, 4) is 5.75 Å². The van der Waals surface area contributed by atoms with Crippen molar-refractivity contribution in [2.45, 2.75) is 52.6 Å². The van der Waals surface area contributed by atoms with Crippen LogP contribution in [0.4, 0.5) is 0 Å². The average Bonchev–Trinajstić information content (AvgIpc) is 2.40. The Kier molecular flexibility index (Phi) is 4.13. The van der Waals surface area contributed by atoms with E-state index in [9.17, 15) is 9.90 Å².